The number of hydrogen-bond acceptors (Lipinski definition) is 2. The second-order valence-corrected chi connectivity index (χ2v) is 8.07. The summed E-state index contributed by atoms with van der Waals surface area (Å²) in [5.74, 6) is 2.63. The number of hydrogen-bond donors (Lipinski definition) is 0. The molecule has 0 saturated heterocycles. The van der Waals surface area contributed by atoms with E-state index in [9.17, 15) is 8.42 Å². The highest BCUT2D eigenvalue weighted by Gasteiger charge is 2.23. The van der Waals surface area contributed by atoms with Crippen LogP contribution in [0.3, 0.4) is 0 Å². The van der Waals surface area contributed by atoms with Crippen molar-refractivity contribution in [1.29, 1.82) is 0 Å². The highest BCUT2D eigenvalue weighted by atomic mass is 32.2. The van der Waals surface area contributed by atoms with Gasteiger partial charge in [-0.25, -0.2) is 8.42 Å². The molecule has 1 heterocycles. The Balaban J connectivity index is 2.08. The Labute approximate surface area is 149 Å². The van der Waals surface area contributed by atoms with Gasteiger partial charge in [-0.2, -0.15) is 0 Å². The summed E-state index contributed by atoms with van der Waals surface area (Å²) in [5.41, 5.74) is 1.97. The number of sulfone groups is 1. The van der Waals surface area contributed by atoms with Crippen LogP contribution in [0.1, 0.15) is 24.8 Å². The fraction of sp³-hybridized carbons (Fsp3) is 0.238. The maximum absolute atomic E-state index is 13.2. The highest BCUT2D eigenvalue weighted by Crippen LogP contribution is 2.28. The van der Waals surface area contributed by atoms with E-state index in [0.717, 1.165) is 29.3 Å². The van der Waals surface area contributed by atoms with Gasteiger partial charge in [0, 0.05) is 23.9 Å². The lowest BCUT2D eigenvalue weighted by Gasteiger charge is -2.11. The predicted molar refractivity (Wildman–Crippen MR) is 101 cm³/mol. The van der Waals surface area contributed by atoms with Crippen molar-refractivity contribution in [3.63, 3.8) is 0 Å². The van der Waals surface area contributed by atoms with E-state index in [-0.39, 0.29) is 0 Å². The van der Waals surface area contributed by atoms with Crippen molar-refractivity contribution in [1.82, 2.24) is 4.57 Å². The molecule has 0 spiro atoms. The van der Waals surface area contributed by atoms with Crippen LogP contribution in [0.15, 0.2) is 64.5 Å². The van der Waals surface area contributed by atoms with Crippen LogP contribution in [0.5, 0.6) is 0 Å². The predicted octanol–water partition coefficient (Wildman–Crippen LogP) is 4.59. The van der Waals surface area contributed by atoms with Crippen LogP contribution in [0, 0.1) is 19.3 Å². The van der Waals surface area contributed by atoms with Crippen LogP contribution >= 0.6 is 0 Å². The molecule has 0 saturated carbocycles. The number of aromatic nitrogens is 1. The third-order valence-electron chi connectivity index (χ3n) is 4.33. The topological polar surface area (TPSA) is 39.1 Å². The van der Waals surface area contributed by atoms with Crippen molar-refractivity contribution in [3.8, 4) is 12.3 Å². The molecule has 0 unspecified atom stereocenters. The van der Waals surface area contributed by atoms with Crippen molar-refractivity contribution >= 4 is 20.7 Å². The Hall–Kier alpha value is -2.51. The summed E-state index contributed by atoms with van der Waals surface area (Å²) < 4.78 is 28.2. The summed E-state index contributed by atoms with van der Waals surface area (Å²) in [6, 6.07) is 16.5. The molecule has 0 aliphatic heterocycles. The molecule has 3 nitrogen and oxygen atoms in total. The first kappa shape index (κ1) is 17.3. The molecule has 2 aromatic carbocycles. The third-order valence-corrected chi connectivity index (χ3v) is 6.11. The zero-order valence-corrected chi connectivity index (χ0v) is 15.1. The van der Waals surface area contributed by atoms with Gasteiger partial charge in [0.1, 0.15) is 5.03 Å². The quantitative estimate of drug-likeness (QED) is 0.481. The monoisotopic (exact) mass is 351 g/mol. The van der Waals surface area contributed by atoms with Gasteiger partial charge < -0.3 is 4.57 Å². The number of rotatable bonds is 6. The third kappa shape index (κ3) is 3.47. The van der Waals surface area contributed by atoms with Crippen molar-refractivity contribution in [2.45, 2.75) is 42.7 Å². The van der Waals surface area contributed by atoms with Gasteiger partial charge in [0.25, 0.3) is 0 Å². The van der Waals surface area contributed by atoms with Crippen LogP contribution in [-0.2, 0) is 16.4 Å². The van der Waals surface area contributed by atoms with Gasteiger partial charge in [0.15, 0.2) is 0 Å². The van der Waals surface area contributed by atoms with Gasteiger partial charge >= 0.3 is 0 Å². The molecule has 0 amide bonds. The Bertz CT molecular complexity index is 1020. The van der Waals surface area contributed by atoms with Gasteiger partial charge in [-0.05, 0) is 44.0 Å². The van der Waals surface area contributed by atoms with E-state index >= 15 is 0 Å². The molecule has 0 aliphatic carbocycles. The molecular weight excluding hydrogens is 330 g/mol. The normalized spacial score (nSPS) is 11.5. The minimum Gasteiger partial charge on any atom is -0.331 e. The Morgan fingerprint density at radius 1 is 1.04 bits per heavy atom. The molecule has 0 fully saturated rings. The number of aryl methyl sites for hydroxylation is 2. The van der Waals surface area contributed by atoms with Crippen LogP contribution in [0.4, 0.5) is 0 Å². The molecule has 0 bridgehead atoms. The minimum absolute atomic E-state index is 0.325. The second-order valence-electron chi connectivity index (χ2n) is 6.17. The lowest BCUT2D eigenvalue weighted by molar-refractivity contribution is 0.561. The molecule has 3 rings (SSSR count). The first-order valence-electron chi connectivity index (χ1n) is 8.37. The van der Waals surface area contributed by atoms with Crippen molar-refractivity contribution in [2.75, 3.05) is 0 Å². The number of fused-ring (bicyclic) bond motifs is 1. The lowest BCUT2D eigenvalue weighted by atomic mass is 10.2. The van der Waals surface area contributed by atoms with Crippen molar-refractivity contribution < 1.29 is 8.42 Å². The summed E-state index contributed by atoms with van der Waals surface area (Å²) in [7, 11) is -3.57. The Morgan fingerprint density at radius 3 is 2.48 bits per heavy atom. The van der Waals surface area contributed by atoms with E-state index < -0.39 is 9.84 Å². The average molecular weight is 351 g/mol. The van der Waals surface area contributed by atoms with E-state index in [1.165, 1.54) is 0 Å². The molecule has 128 valence electrons. The Kier molecular flexibility index (Phi) is 4.96. The largest absolute Gasteiger partial charge is 0.331 e. The molecule has 0 aliphatic rings. The zero-order chi connectivity index (χ0) is 17.9. The zero-order valence-electron chi connectivity index (χ0n) is 14.3. The van der Waals surface area contributed by atoms with Crippen LogP contribution in [0.2, 0.25) is 0 Å². The van der Waals surface area contributed by atoms with Gasteiger partial charge in [-0.1, -0.05) is 35.9 Å². The number of unbranched alkanes of at least 4 members (excludes halogenated alkanes) is 2. The van der Waals surface area contributed by atoms with E-state index in [1.807, 2.05) is 47.9 Å². The molecule has 4 heteroatoms. The number of benzene rings is 2. The van der Waals surface area contributed by atoms with Crippen molar-refractivity contribution in [2.24, 2.45) is 0 Å². The van der Waals surface area contributed by atoms with Gasteiger partial charge in [-0.3, -0.25) is 0 Å². The first-order chi connectivity index (χ1) is 12.0. The molecule has 0 radical (unpaired) electrons. The van der Waals surface area contributed by atoms with E-state index in [1.54, 1.807) is 18.2 Å². The summed E-state index contributed by atoms with van der Waals surface area (Å²) >= 11 is 0. The van der Waals surface area contributed by atoms with Crippen molar-refractivity contribution in [3.05, 3.63) is 60.2 Å². The number of nitrogens with zero attached hydrogens (tertiary/aromatic N) is 1. The first-order valence-corrected chi connectivity index (χ1v) is 9.86. The molecule has 25 heavy (non-hydrogen) atoms. The Morgan fingerprint density at radius 2 is 1.76 bits per heavy atom. The molecule has 0 N–H and O–H groups in total. The van der Waals surface area contributed by atoms with Crippen LogP contribution in [-0.4, -0.2) is 13.0 Å². The molecule has 0 atom stereocenters. The number of para-hydroxylation sites is 1. The fourth-order valence-electron chi connectivity index (χ4n) is 2.97. The lowest BCUT2D eigenvalue weighted by Crippen LogP contribution is -2.10. The maximum atomic E-state index is 13.2. The standard InChI is InChI=1S/C21H21NO2S/c1-3-4-5-8-15-22-20-10-7-6-9-18(20)16-21(22)25(23,24)19-13-11-17(2)12-14-19/h1,6-7,9-14,16H,4-5,8,15H2,2H3. The van der Waals surface area contributed by atoms with Crippen LogP contribution < -0.4 is 0 Å². The molecule has 3 aromatic rings. The highest BCUT2D eigenvalue weighted by molar-refractivity contribution is 7.91. The summed E-state index contributed by atoms with van der Waals surface area (Å²) in [4.78, 5) is 0.325. The van der Waals surface area contributed by atoms with Gasteiger partial charge in [0.2, 0.25) is 9.84 Å². The molecule has 1 aromatic heterocycles. The van der Waals surface area contributed by atoms with E-state index in [0.29, 0.717) is 22.9 Å². The fourth-order valence-corrected chi connectivity index (χ4v) is 4.47. The molecular formula is C21H21NO2S. The second kappa shape index (κ2) is 7.16. The smallest absolute Gasteiger partial charge is 0.222 e. The van der Waals surface area contributed by atoms with E-state index in [2.05, 4.69) is 5.92 Å². The summed E-state index contributed by atoms with van der Waals surface area (Å²) in [6.07, 6.45) is 7.75. The maximum Gasteiger partial charge on any atom is 0.222 e. The van der Waals surface area contributed by atoms with E-state index in [4.69, 9.17) is 6.42 Å². The summed E-state index contributed by atoms with van der Waals surface area (Å²) in [6.45, 7) is 2.58. The van der Waals surface area contributed by atoms with Crippen LogP contribution in [0.25, 0.3) is 10.9 Å². The number of terminal acetylenes is 1. The average Bonchev–Trinajstić information content (AvgIpc) is 2.99. The SMILES string of the molecule is C#CCCCCn1c(S(=O)(=O)c2ccc(C)cc2)cc2ccccc21. The minimum atomic E-state index is -3.57. The van der Waals surface area contributed by atoms with Gasteiger partial charge in [0.05, 0.1) is 4.90 Å². The summed E-state index contributed by atoms with van der Waals surface area (Å²) in [5, 5.41) is 1.28. The van der Waals surface area contributed by atoms with Gasteiger partial charge in [-0.15, -0.1) is 12.3 Å².